The van der Waals surface area contributed by atoms with Crippen LogP contribution in [-0.4, -0.2) is 31.4 Å². The van der Waals surface area contributed by atoms with Crippen LogP contribution in [0.5, 0.6) is 5.88 Å². The molecule has 0 atom stereocenters. The Morgan fingerprint density at radius 1 is 1.26 bits per heavy atom. The average Bonchev–Trinajstić information content (AvgIpc) is 3.11. The first-order valence-electron chi connectivity index (χ1n) is 6.59. The first-order chi connectivity index (χ1) is 11.2. The van der Waals surface area contributed by atoms with Crippen molar-refractivity contribution in [2.45, 2.75) is 0 Å². The number of pyridine rings is 2. The van der Waals surface area contributed by atoms with Gasteiger partial charge in [0, 0.05) is 23.9 Å². The smallest absolute Gasteiger partial charge is 0.363 e. The number of hydrogen-bond acceptors (Lipinski definition) is 7. The molecule has 0 bridgehead atoms. The molecular formula is C14H9N5O3S. The van der Waals surface area contributed by atoms with Gasteiger partial charge in [-0.2, -0.15) is 0 Å². The molecule has 23 heavy (non-hydrogen) atoms. The number of hydrogen-bond donors (Lipinski definition) is 0. The Morgan fingerprint density at radius 3 is 2.83 bits per heavy atom. The van der Waals surface area contributed by atoms with Crippen molar-refractivity contribution in [2.24, 2.45) is 0 Å². The molecule has 0 radical (unpaired) electrons. The quantitative estimate of drug-likeness (QED) is 0.424. The van der Waals surface area contributed by atoms with Crippen LogP contribution in [0.4, 0.5) is 5.82 Å². The second-order valence-corrected chi connectivity index (χ2v) is 5.68. The van der Waals surface area contributed by atoms with Gasteiger partial charge in [-0.25, -0.2) is 9.97 Å². The maximum atomic E-state index is 10.7. The van der Waals surface area contributed by atoms with Gasteiger partial charge in [0.1, 0.15) is 11.0 Å². The van der Waals surface area contributed by atoms with E-state index in [2.05, 4.69) is 15.0 Å². The van der Waals surface area contributed by atoms with E-state index in [1.54, 1.807) is 19.2 Å². The summed E-state index contributed by atoms with van der Waals surface area (Å²) in [6, 6.07) is 6.72. The minimum Gasteiger partial charge on any atom is -0.481 e. The third kappa shape index (κ3) is 2.18. The average molecular weight is 327 g/mol. The van der Waals surface area contributed by atoms with Crippen molar-refractivity contribution in [3.05, 3.63) is 46.8 Å². The molecule has 0 spiro atoms. The van der Waals surface area contributed by atoms with Gasteiger partial charge in [0.2, 0.25) is 5.88 Å². The largest absolute Gasteiger partial charge is 0.481 e. The lowest BCUT2D eigenvalue weighted by atomic mass is 10.2. The SMILES string of the molecule is COc1ccc2c(n1)sc1nc(-c3ccc([N+](=O)[O-])nc3)cn12. The lowest BCUT2D eigenvalue weighted by Crippen LogP contribution is -1.91. The van der Waals surface area contributed by atoms with Gasteiger partial charge in [0.25, 0.3) is 0 Å². The Balaban J connectivity index is 1.81. The normalized spacial score (nSPS) is 11.2. The maximum absolute atomic E-state index is 10.7. The van der Waals surface area contributed by atoms with Crippen LogP contribution in [0, 0.1) is 10.1 Å². The number of ether oxygens (including phenoxy) is 1. The van der Waals surface area contributed by atoms with E-state index < -0.39 is 4.92 Å². The van der Waals surface area contributed by atoms with E-state index in [1.165, 1.54) is 23.6 Å². The van der Waals surface area contributed by atoms with Crippen LogP contribution in [-0.2, 0) is 0 Å². The van der Waals surface area contributed by atoms with Gasteiger partial charge in [-0.1, -0.05) is 11.3 Å². The van der Waals surface area contributed by atoms with Crippen molar-refractivity contribution >= 4 is 32.5 Å². The Morgan fingerprint density at radius 2 is 2.13 bits per heavy atom. The Labute approximate surface area is 133 Å². The molecule has 0 aliphatic rings. The maximum Gasteiger partial charge on any atom is 0.363 e. The first-order valence-corrected chi connectivity index (χ1v) is 7.41. The third-order valence-corrected chi connectivity index (χ3v) is 4.34. The summed E-state index contributed by atoms with van der Waals surface area (Å²) in [5.74, 6) is 0.373. The van der Waals surface area contributed by atoms with Crippen LogP contribution < -0.4 is 4.74 Å². The molecule has 0 aromatic carbocycles. The zero-order chi connectivity index (χ0) is 16.0. The van der Waals surface area contributed by atoms with Crippen LogP contribution in [0.2, 0.25) is 0 Å². The standard InChI is InChI=1S/C14H9N5O3S/c1-22-12-5-3-10-13(17-12)23-14-16-9(7-18(10)14)8-2-4-11(15-6-8)19(20)21/h2-7H,1H3. The van der Waals surface area contributed by atoms with Crippen molar-refractivity contribution in [2.75, 3.05) is 7.11 Å². The highest BCUT2D eigenvalue weighted by Gasteiger charge is 2.14. The van der Waals surface area contributed by atoms with Crippen LogP contribution in [0.3, 0.4) is 0 Å². The topological polar surface area (TPSA) is 95.5 Å². The fourth-order valence-corrected chi connectivity index (χ4v) is 3.24. The van der Waals surface area contributed by atoms with E-state index in [9.17, 15) is 10.1 Å². The monoisotopic (exact) mass is 327 g/mol. The number of nitrogens with zero attached hydrogens (tertiary/aromatic N) is 5. The van der Waals surface area contributed by atoms with Crippen molar-refractivity contribution in [1.29, 1.82) is 0 Å². The minimum absolute atomic E-state index is 0.184. The van der Waals surface area contributed by atoms with E-state index in [0.717, 1.165) is 20.9 Å². The Kier molecular flexibility index (Phi) is 2.95. The molecule has 0 saturated carbocycles. The predicted molar refractivity (Wildman–Crippen MR) is 84.8 cm³/mol. The van der Waals surface area contributed by atoms with Crippen molar-refractivity contribution < 1.29 is 9.66 Å². The van der Waals surface area contributed by atoms with Gasteiger partial charge < -0.3 is 14.9 Å². The number of imidazole rings is 1. The molecule has 4 aromatic heterocycles. The van der Waals surface area contributed by atoms with Gasteiger partial charge in [-0.05, 0) is 22.0 Å². The summed E-state index contributed by atoms with van der Waals surface area (Å²) in [4.78, 5) is 24.5. The number of fused-ring (bicyclic) bond motifs is 3. The summed E-state index contributed by atoms with van der Waals surface area (Å²) in [7, 11) is 1.58. The van der Waals surface area contributed by atoms with Crippen molar-refractivity contribution in [3.63, 3.8) is 0 Å². The number of aromatic nitrogens is 4. The molecule has 0 saturated heterocycles. The molecule has 0 N–H and O–H groups in total. The predicted octanol–water partition coefficient (Wildman–Crippen LogP) is 2.92. The van der Waals surface area contributed by atoms with Crippen molar-refractivity contribution in [1.82, 2.24) is 19.4 Å². The second kappa shape index (κ2) is 4.99. The Bertz CT molecular complexity index is 1040. The van der Waals surface area contributed by atoms with Gasteiger partial charge in [0.05, 0.1) is 18.3 Å². The Hall–Kier alpha value is -3.07. The zero-order valence-corrected chi connectivity index (χ0v) is 12.6. The highest BCUT2D eigenvalue weighted by molar-refractivity contribution is 7.23. The molecule has 0 fully saturated rings. The third-order valence-electron chi connectivity index (χ3n) is 3.38. The van der Waals surface area contributed by atoms with Gasteiger partial charge in [0.15, 0.2) is 4.96 Å². The summed E-state index contributed by atoms with van der Waals surface area (Å²) in [6.45, 7) is 0. The number of rotatable bonds is 3. The molecule has 8 nitrogen and oxygen atoms in total. The summed E-state index contributed by atoms with van der Waals surface area (Å²) in [5, 5.41) is 10.7. The van der Waals surface area contributed by atoms with Crippen LogP contribution in [0.15, 0.2) is 36.7 Å². The van der Waals surface area contributed by atoms with E-state index in [1.807, 2.05) is 16.7 Å². The van der Waals surface area contributed by atoms with Gasteiger partial charge in [-0.3, -0.25) is 4.40 Å². The molecule has 0 aliphatic carbocycles. The van der Waals surface area contributed by atoms with E-state index in [-0.39, 0.29) is 5.82 Å². The molecule has 0 unspecified atom stereocenters. The first kappa shape index (κ1) is 13.6. The molecule has 4 heterocycles. The fraction of sp³-hybridized carbons (Fsp3) is 0.0714. The summed E-state index contributed by atoms with van der Waals surface area (Å²) < 4.78 is 7.05. The summed E-state index contributed by atoms with van der Waals surface area (Å²) in [6.07, 6.45) is 3.32. The lowest BCUT2D eigenvalue weighted by Gasteiger charge is -1.97. The minimum atomic E-state index is -0.526. The van der Waals surface area contributed by atoms with E-state index >= 15 is 0 Å². The molecule has 114 valence electrons. The van der Waals surface area contributed by atoms with Crippen molar-refractivity contribution in [3.8, 4) is 17.1 Å². The van der Waals surface area contributed by atoms with Gasteiger partial charge >= 0.3 is 5.82 Å². The number of thiazole rings is 1. The number of nitro groups is 1. The lowest BCUT2D eigenvalue weighted by molar-refractivity contribution is -0.389. The molecule has 4 aromatic rings. The zero-order valence-electron chi connectivity index (χ0n) is 11.8. The molecule has 4 rings (SSSR count). The molecule has 9 heteroatoms. The highest BCUT2D eigenvalue weighted by atomic mass is 32.1. The van der Waals surface area contributed by atoms with Crippen LogP contribution in [0.25, 0.3) is 26.6 Å². The van der Waals surface area contributed by atoms with E-state index in [0.29, 0.717) is 11.6 Å². The highest BCUT2D eigenvalue weighted by Crippen LogP contribution is 2.29. The van der Waals surface area contributed by atoms with Crippen LogP contribution >= 0.6 is 11.3 Å². The van der Waals surface area contributed by atoms with Crippen LogP contribution in [0.1, 0.15) is 0 Å². The number of methoxy groups -OCH3 is 1. The van der Waals surface area contributed by atoms with E-state index in [4.69, 9.17) is 4.74 Å². The van der Waals surface area contributed by atoms with Gasteiger partial charge in [-0.15, -0.1) is 0 Å². The fourth-order valence-electron chi connectivity index (χ4n) is 2.27. The summed E-state index contributed by atoms with van der Waals surface area (Å²) >= 11 is 1.45. The second-order valence-electron chi connectivity index (χ2n) is 4.72. The molecule has 0 amide bonds. The summed E-state index contributed by atoms with van der Waals surface area (Å²) in [5.41, 5.74) is 2.36. The molecule has 0 aliphatic heterocycles. The molecular weight excluding hydrogens is 318 g/mol.